The minimum Gasteiger partial charge on any atom is -0.504 e. The molecule has 0 aliphatic heterocycles. The second-order valence-corrected chi connectivity index (χ2v) is 3.43. The molecule has 0 aromatic heterocycles. The number of unbranched alkanes of at least 4 members (excludes halogenated alkanes) is 1. The van der Waals surface area contributed by atoms with Gasteiger partial charge in [-0.1, -0.05) is 6.07 Å². The third kappa shape index (κ3) is 3.07. The zero-order chi connectivity index (χ0) is 12.0. The highest BCUT2D eigenvalue weighted by Crippen LogP contribution is 2.36. The number of hydrogen-bond donors (Lipinski definition) is 4. The predicted molar refractivity (Wildman–Crippen MR) is 61.2 cm³/mol. The molecule has 4 N–H and O–H groups in total. The molecular formula is C12H15NO3. The number of phenolic OH excluding ortho intramolecular Hbond substituents is 3. The van der Waals surface area contributed by atoms with Gasteiger partial charge in [0.2, 0.25) is 5.75 Å². The van der Waals surface area contributed by atoms with Crippen LogP contribution in [0.5, 0.6) is 17.2 Å². The summed E-state index contributed by atoms with van der Waals surface area (Å²) in [5, 5.41) is 31.0. The van der Waals surface area contributed by atoms with E-state index in [1.54, 1.807) is 6.07 Å². The molecule has 1 aromatic rings. The van der Waals surface area contributed by atoms with Crippen molar-refractivity contribution in [1.82, 2.24) is 5.32 Å². The molecule has 86 valence electrons. The molecule has 16 heavy (non-hydrogen) atoms. The van der Waals surface area contributed by atoms with Gasteiger partial charge in [-0.05, 0) is 19.0 Å². The van der Waals surface area contributed by atoms with Crippen LogP contribution in [0.15, 0.2) is 12.1 Å². The van der Waals surface area contributed by atoms with Gasteiger partial charge in [0.05, 0.1) is 0 Å². The third-order valence-electron chi connectivity index (χ3n) is 2.20. The summed E-state index contributed by atoms with van der Waals surface area (Å²) in [7, 11) is 0. The second kappa shape index (κ2) is 5.89. The molecule has 0 unspecified atom stereocenters. The Labute approximate surface area is 94.6 Å². The van der Waals surface area contributed by atoms with Crippen molar-refractivity contribution in [3.05, 3.63) is 17.7 Å². The number of benzene rings is 1. The lowest BCUT2D eigenvalue weighted by Crippen LogP contribution is -2.14. The first-order valence-electron chi connectivity index (χ1n) is 5.03. The predicted octanol–water partition coefficient (Wildman–Crippen LogP) is 1.31. The van der Waals surface area contributed by atoms with Gasteiger partial charge in [-0.2, -0.15) is 0 Å². The first-order chi connectivity index (χ1) is 7.66. The molecule has 0 radical (unpaired) electrons. The smallest absolute Gasteiger partial charge is 0.200 e. The maximum absolute atomic E-state index is 9.50. The molecule has 0 heterocycles. The highest BCUT2D eigenvalue weighted by Gasteiger charge is 2.09. The monoisotopic (exact) mass is 221 g/mol. The van der Waals surface area contributed by atoms with Crippen LogP contribution in [-0.4, -0.2) is 21.9 Å². The average Bonchev–Trinajstić information content (AvgIpc) is 2.28. The summed E-state index contributed by atoms with van der Waals surface area (Å²) in [5.41, 5.74) is 0.538. The maximum atomic E-state index is 9.50. The number of phenols is 3. The Bertz CT molecular complexity index is 396. The summed E-state index contributed by atoms with van der Waals surface area (Å²) in [6.07, 6.45) is 6.67. The lowest BCUT2D eigenvalue weighted by Gasteiger charge is -2.08. The van der Waals surface area contributed by atoms with Crippen molar-refractivity contribution in [1.29, 1.82) is 0 Å². The first-order valence-corrected chi connectivity index (χ1v) is 5.03. The van der Waals surface area contributed by atoms with Gasteiger partial charge in [-0.25, -0.2) is 0 Å². The Balaban J connectivity index is 2.49. The molecule has 1 aromatic carbocycles. The van der Waals surface area contributed by atoms with E-state index >= 15 is 0 Å². The molecule has 0 fully saturated rings. The van der Waals surface area contributed by atoms with Crippen LogP contribution in [-0.2, 0) is 6.54 Å². The highest BCUT2D eigenvalue weighted by atomic mass is 16.3. The molecule has 0 aliphatic carbocycles. The highest BCUT2D eigenvalue weighted by molar-refractivity contribution is 5.52. The molecule has 0 saturated heterocycles. The topological polar surface area (TPSA) is 72.7 Å². The number of hydrogen-bond acceptors (Lipinski definition) is 4. The van der Waals surface area contributed by atoms with Gasteiger partial charge >= 0.3 is 0 Å². The van der Waals surface area contributed by atoms with Crippen LogP contribution in [0.1, 0.15) is 18.4 Å². The fourth-order valence-corrected chi connectivity index (χ4v) is 1.29. The van der Waals surface area contributed by atoms with E-state index < -0.39 is 5.75 Å². The summed E-state index contributed by atoms with van der Waals surface area (Å²) in [4.78, 5) is 0. The summed E-state index contributed by atoms with van der Waals surface area (Å²) in [6.45, 7) is 1.16. The summed E-state index contributed by atoms with van der Waals surface area (Å²) in [5.74, 6) is 1.44. The van der Waals surface area contributed by atoms with E-state index in [2.05, 4.69) is 11.2 Å². The Morgan fingerprint density at radius 3 is 2.62 bits per heavy atom. The Morgan fingerprint density at radius 1 is 1.19 bits per heavy atom. The molecule has 1 rings (SSSR count). The average molecular weight is 221 g/mol. The molecule has 0 bridgehead atoms. The van der Waals surface area contributed by atoms with Crippen molar-refractivity contribution in [2.75, 3.05) is 6.54 Å². The largest absolute Gasteiger partial charge is 0.504 e. The van der Waals surface area contributed by atoms with Crippen LogP contribution in [0.3, 0.4) is 0 Å². The minimum atomic E-state index is -0.483. The molecule has 4 heteroatoms. The Hall–Kier alpha value is -1.86. The van der Waals surface area contributed by atoms with Crippen molar-refractivity contribution in [2.24, 2.45) is 0 Å². The number of rotatable bonds is 5. The van der Waals surface area contributed by atoms with Crippen LogP contribution in [0.2, 0.25) is 0 Å². The number of aromatic hydroxyl groups is 3. The zero-order valence-electron chi connectivity index (χ0n) is 8.90. The summed E-state index contributed by atoms with van der Waals surface area (Å²) < 4.78 is 0. The van der Waals surface area contributed by atoms with Crippen molar-refractivity contribution in [3.8, 4) is 29.6 Å². The fourth-order valence-electron chi connectivity index (χ4n) is 1.29. The van der Waals surface area contributed by atoms with Gasteiger partial charge in [-0.15, -0.1) is 12.3 Å². The van der Waals surface area contributed by atoms with Crippen molar-refractivity contribution in [3.63, 3.8) is 0 Å². The lowest BCUT2D eigenvalue weighted by atomic mass is 10.1. The van der Waals surface area contributed by atoms with Crippen LogP contribution in [0, 0.1) is 12.3 Å². The molecule has 0 amide bonds. The molecule has 0 spiro atoms. The quantitative estimate of drug-likeness (QED) is 0.343. The van der Waals surface area contributed by atoms with Crippen LogP contribution < -0.4 is 5.32 Å². The second-order valence-electron chi connectivity index (χ2n) is 3.43. The van der Waals surface area contributed by atoms with E-state index in [4.69, 9.17) is 11.5 Å². The van der Waals surface area contributed by atoms with Crippen molar-refractivity contribution in [2.45, 2.75) is 19.4 Å². The van der Waals surface area contributed by atoms with Gasteiger partial charge in [-0.3, -0.25) is 0 Å². The lowest BCUT2D eigenvalue weighted by molar-refractivity contribution is 0.364. The van der Waals surface area contributed by atoms with E-state index in [1.807, 2.05) is 0 Å². The zero-order valence-corrected chi connectivity index (χ0v) is 8.90. The Morgan fingerprint density at radius 2 is 1.94 bits per heavy atom. The van der Waals surface area contributed by atoms with Gasteiger partial charge in [0.25, 0.3) is 0 Å². The van der Waals surface area contributed by atoms with Crippen molar-refractivity contribution >= 4 is 0 Å². The normalized spacial score (nSPS) is 9.94. The van der Waals surface area contributed by atoms with Gasteiger partial charge in [0, 0.05) is 18.5 Å². The Kier molecular flexibility index (Phi) is 4.49. The third-order valence-corrected chi connectivity index (χ3v) is 2.20. The van der Waals surface area contributed by atoms with E-state index in [1.165, 1.54) is 6.07 Å². The summed E-state index contributed by atoms with van der Waals surface area (Å²) in [6, 6.07) is 2.89. The standard InChI is InChI=1S/C12H15NO3/c1-2-3-4-7-13-8-9-5-6-10(14)12(16)11(9)15/h1,5-6,13-16H,3-4,7-8H2. The molecular weight excluding hydrogens is 206 g/mol. The van der Waals surface area contributed by atoms with Crippen molar-refractivity contribution < 1.29 is 15.3 Å². The minimum absolute atomic E-state index is 0.288. The van der Waals surface area contributed by atoms with E-state index in [-0.39, 0.29) is 11.5 Å². The van der Waals surface area contributed by atoms with Crippen LogP contribution in [0.4, 0.5) is 0 Å². The molecule has 0 atom stereocenters. The van der Waals surface area contributed by atoms with Gasteiger partial charge in [0.15, 0.2) is 11.5 Å². The fraction of sp³-hybridized carbons (Fsp3) is 0.333. The molecule has 0 aliphatic rings. The summed E-state index contributed by atoms with van der Waals surface area (Å²) >= 11 is 0. The van der Waals surface area contributed by atoms with Crippen LogP contribution in [0.25, 0.3) is 0 Å². The van der Waals surface area contributed by atoms with E-state index in [0.29, 0.717) is 18.5 Å². The number of nitrogens with one attached hydrogen (secondary N) is 1. The molecule has 0 saturated carbocycles. The van der Waals surface area contributed by atoms with Gasteiger partial charge < -0.3 is 20.6 Å². The maximum Gasteiger partial charge on any atom is 0.200 e. The van der Waals surface area contributed by atoms with E-state index in [9.17, 15) is 10.2 Å². The number of terminal acetylenes is 1. The molecule has 4 nitrogen and oxygen atoms in total. The van der Waals surface area contributed by atoms with Crippen LogP contribution >= 0.6 is 0 Å². The van der Waals surface area contributed by atoms with Gasteiger partial charge in [0.1, 0.15) is 0 Å². The first kappa shape index (κ1) is 12.2. The SMILES string of the molecule is C#CCCCNCc1ccc(O)c(O)c1O. The van der Waals surface area contributed by atoms with E-state index in [0.717, 1.165) is 13.0 Å².